The minimum absolute atomic E-state index is 0.0812. The highest BCUT2D eigenvalue weighted by Gasteiger charge is 2.33. The highest BCUT2D eigenvalue weighted by atomic mass is 16.7. The van der Waals surface area contributed by atoms with Gasteiger partial charge in [0.25, 0.3) is 5.96 Å². The van der Waals surface area contributed by atoms with Crippen molar-refractivity contribution in [3.8, 4) is 0 Å². The van der Waals surface area contributed by atoms with Crippen molar-refractivity contribution in [2.75, 3.05) is 52.4 Å². The van der Waals surface area contributed by atoms with E-state index in [0.29, 0.717) is 5.56 Å². The molecule has 0 spiro atoms. The van der Waals surface area contributed by atoms with Crippen LogP contribution in [0.25, 0.3) is 21.8 Å². The molecule has 0 saturated heterocycles. The number of para-hydroxylation sites is 2. The van der Waals surface area contributed by atoms with Crippen LogP contribution in [0.1, 0.15) is 37.8 Å². The lowest BCUT2D eigenvalue weighted by atomic mass is 10.1. The third kappa shape index (κ3) is 23.3. The fourth-order valence-electron chi connectivity index (χ4n) is 8.07. The highest BCUT2D eigenvalue weighted by molar-refractivity contribution is 5.98. The van der Waals surface area contributed by atoms with E-state index in [1.807, 2.05) is 24.3 Å². The summed E-state index contributed by atoms with van der Waals surface area (Å²) in [6.07, 6.45) is -0.293. The average Bonchev–Trinajstić information content (AvgIpc) is 2.74. The Balaban J connectivity index is 1.23. The number of hydrogen-bond acceptors (Lipinski definition) is 19. The van der Waals surface area contributed by atoms with Crippen LogP contribution in [0.3, 0.4) is 0 Å². The minimum Gasteiger partial charge on any atom is -0.480 e. The van der Waals surface area contributed by atoms with E-state index in [1.165, 1.54) is 0 Å². The molecule has 0 aliphatic carbocycles. The Morgan fingerprint density at radius 3 is 1.48 bits per heavy atom. The number of nitrogens with zero attached hydrogens (tertiary/aromatic N) is 2. The second-order valence-electron chi connectivity index (χ2n) is 19.3. The Kier molecular flexibility index (Phi) is 27.4. The smallest absolute Gasteiger partial charge is 0.326 e. The first-order valence-electron chi connectivity index (χ1n) is 26.6. The number of aliphatic hydroxyl groups is 3. The van der Waals surface area contributed by atoms with Crippen LogP contribution in [0.15, 0.2) is 65.9 Å². The monoisotopic (exact) mass is 1220 g/mol. The number of nitrogens with one attached hydrogen (secondary N) is 14. The van der Waals surface area contributed by atoms with Gasteiger partial charge < -0.3 is 100 Å². The van der Waals surface area contributed by atoms with Gasteiger partial charge in [0.05, 0.1) is 64.1 Å². The number of aliphatic hydroxyl groups excluding tert-OH is 3. The van der Waals surface area contributed by atoms with E-state index in [9.17, 15) is 88.1 Å². The predicted octanol–water partition coefficient (Wildman–Crippen LogP) is -8.40. The van der Waals surface area contributed by atoms with Gasteiger partial charge in [0.2, 0.25) is 65.0 Å². The number of carboxylic acid groups (broad SMARTS) is 1. The van der Waals surface area contributed by atoms with Crippen molar-refractivity contribution in [1.29, 1.82) is 0 Å². The number of carbonyl (C=O) groups excluding carboxylic acids is 11. The molecule has 0 aliphatic rings. The lowest BCUT2D eigenvalue weighted by Crippen LogP contribution is -2.60. The van der Waals surface area contributed by atoms with E-state index in [4.69, 9.17) is 11.5 Å². The molecule has 11 amide bonds. The number of guanidine groups is 1. The van der Waals surface area contributed by atoms with Gasteiger partial charge in [0, 0.05) is 47.2 Å². The molecule has 22 N–H and O–H groups in total. The Labute approximate surface area is 493 Å². The molecule has 0 fully saturated rings. The molecular weight excluding hydrogens is 1150 g/mol. The zero-order valence-corrected chi connectivity index (χ0v) is 46.9. The van der Waals surface area contributed by atoms with Gasteiger partial charge in [-0.1, -0.05) is 41.8 Å². The number of aliphatic carboxylic acids is 1. The number of hydrogen-bond donors (Lipinski definition) is 20. The van der Waals surface area contributed by atoms with Crippen molar-refractivity contribution < 1.29 is 83.0 Å². The van der Waals surface area contributed by atoms with Crippen LogP contribution in [-0.4, -0.2) is 213 Å². The Morgan fingerprint density at radius 1 is 0.563 bits per heavy atom. The summed E-state index contributed by atoms with van der Waals surface area (Å²) in [6.45, 7) is -3.69. The summed E-state index contributed by atoms with van der Waals surface area (Å²) in [5, 5.41) is 76.1. The lowest BCUT2D eigenvalue weighted by molar-refractivity contribution is -0.525. The number of aromatic nitrogens is 2. The van der Waals surface area contributed by atoms with Crippen LogP contribution in [0.2, 0.25) is 0 Å². The number of nitro groups is 1. The summed E-state index contributed by atoms with van der Waals surface area (Å²) >= 11 is 0. The number of aliphatic imine (C=N–C) groups is 1. The van der Waals surface area contributed by atoms with Gasteiger partial charge in [-0.2, -0.15) is 0 Å². The molecule has 87 heavy (non-hydrogen) atoms. The Hall–Kier alpha value is -10.3. The molecule has 2 aromatic carbocycles. The van der Waals surface area contributed by atoms with Crippen molar-refractivity contribution in [2.45, 2.75) is 88.0 Å². The van der Waals surface area contributed by atoms with Crippen LogP contribution in [0.5, 0.6) is 0 Å². The van der Waals surface area contributed by atoms with Gasteiger partial charge in [-0.15, -0.1) is 0 Å². The zero-order chi connectivity index (χ0) is 64.3. The van der Waals surface area contributed by atoms with E-state index in [0.717, 1.165) is 41.2 Å². The second-order valence-corrected chi connectivity index (χ2v) is 19.3. The molecule has 0 bridgehead atoms. The van der Waals surface area contributed by atoms with E-state index in [-0.39, 0.29) is 32.2 Å². The fourth-order valence-corrected chi connectivity index (χ4v) is 8.07. The molecule has 0 unspecified atom stereocenters. The standard InChI is InChI=1S/C51H70N18O18/c1-25(71)43(48(82)62-20-39(75)57-21-40(76)63-35(50(84)85)15-28-17-56-33-11-6-4-9-30(28)33)66-41(77)22-59-38(74)19-61-46(80)34(12-7-13-54-51(53)68-69(86)87)64-47(81)36(24-70)65-49(83)44(26(2)72)67-42(78)23-58-37(73)18-60-45(79)31(52)14-27-16-55-32-10-5-3-8-29(27)32/h3-6,8-11,16-17,25-26,31,34-36,43-44,55-56,70-72H,7,12-15,18-24,52H2,1-2H3,(H,57,75)(H,58,73)(H,59,74)(H,60,79)(H,61,80)(H,62,82)(H,63,76)(H,64,81)(H,65,83)(H,66,77)(H,67,78)(H,84,85)(H3,53,54,68)/t25-,26-,31+,34+,35+,36+,43+,44+/m1/s1. The molecule has 4 aromatic rings. The number of fused-ring (bicyclic) bond motifs is 2. The van der Waals surface area contributed by atoms with E-state index >= 15 is 0 Å². The van der Waals surface area contributed by atoms with Gasteiger partial charge in [0.15, 0.2) is 5.03 Å². The van der Waals surface area contributed by atoms with E-state index in [2.05, 4.69) is 73.4 Å². The van der Waals surface area contributed by atoms with Crippen LogP contribution in [-0.2, 0) is 70.4 Å². The first kappa shape index (κ1) is 69.2. The molecule has 0 aliphatic heterocycles. The van der Waals surface area contributed by atoms with Crippen molar-refractivity contribution in [2.24, 2.45) is 16.5 Å². The van der Waals surface area contributed by atoms with Crippen LogP contribution >= 0.6 is 0 Å². The topological polar surface area (TPSA) is 569 Å². The number of aromatic amines is 2. The average molecular weight is 1220 g/mol. The number of hydrazine groups is 1. The molecular formula is C51H70N18O18. The Morgan fingerprint density at radius 2 is 1.00 bits per heavy atom. The number of carboxylic acids is 1. The number of rotatable bonds is 35. The maximum absolute atomic E-state index is 13.5. The molecule has 2 aromatic heterocycles. The summed E-state index contributed by atoms with van der Waals surface area (Å²) in [7, 11) is 0. The maximum Gasteiger partial charge on any atom is 0.326 e. The number of carbonyl (C=O) groups is 12. The van der Waals surface area contributed by atoms with Crippen LogP contribution in [0, 0.1) is 10.1 Å². The summed E-state index contributed by atoms with van der Waals surface area (Å²) in [5.41, 5.74) is 16.1. The van der Waals surface area contributed by atoms with Crippen molar-refractivity contribution >= 4 is 98.7 Å². The highest BCUT2D eigenvalue weighted by Crippen LogP contribution is 2.20. The van der Waals surface area contributed by atoms with Gasteiger partial charge in [0.1, 0.15) is 30.2 Å². The molecule has 36 nitrogen and oxygen atoms in total. The largest absolute Gasteiger partial charge is 0.480 e. The predicted molar refractivity (Wildman–Crippen MR) is 304 cm³/mol. The number of H-pyrrole nitrogens is 2. The molecule has 472 valence electrons. The van der Waals surface area contributed by atoms with Gasteiger partial charge in [-0.25, -0.2) is 19.9 Å². The summed E-state index contributed by atoms with van der Waals surface area (Å²) in [4.78, 5) is 174. The quantitative estimate of drug-likeness (QED) is 0.00669. The zero-order valence-electron chi connectivity index (χ0n) is 46.9. The van der Waals surface area contributed by atoms with Gasteiger partial charge >= 0.3 is 5.97 Å². The number of nitrogens with two attached hydrogens (primary N) is 2. The van der Waals surface area contributed by atoms with Gasteiger partial charge in [-0.3, -0.25) is 52.7 Å². The first-order valence-corrected chi connectivity index (χ1v) is 26.6. The van der Waals surface area contributed by atoms with E-state index < -0.39 is 176 Å². The summed E-state index contributed by atoms with van der Waals surface area (Å²) < 4.78 is 0. The van der Waals surface area contributed by atoms with Gasteiger partial charge in [-0.05, 0) is 56.4 Å². The first-order chi connectivity index (χ1) is 41.3. The fraction of sp³-hybridized carbons (Fsp3) is 0.431. The maximum atomic E-state index is 13.5. The van der Waals surface area contributed by atoms with Crippen molar-refractivity contribution in [1.82, 2.24) is 73.9 Å². The van der Waals surface area contributed by atoms with Crippen LogP contribution in [0.4, 0.5) is 0 Å². The molecule has 0 radical (unpaired) electrons. The second kappa shape index (κ2) is 34.4. The van der Waals surface area contributed by atoms with Crippen molar-refractivity contribution in [3.05, 3.63) is 82.2 Å². The summed E-state index contributed by atoms with van der Waals surface area (Å²) in [6, 6.07) is 5.09. The Bertz CT molecular complexity index is 3160. The third-order valence-corrected chi connectivity index (χ3v) is 12.5. The minimum atomic E-state index is -1.87. The van der Waals surface area contributed by atoms with Crippen LogP contribution < -0.4 is 75.4 Å². The normalized spacial score (nSPS) is 13.9. The number of amides is 11. The molecule has 4 rings (SSSR count). The molecule has 0 saturated carbocycles. The molecule has 8 atom stereocenters. The number of benzene rings is 2. The molecule has 36 heteroatoms. The molecule has 2 heterocycles. The van der Waals surface area contributed by atoms with Crippen molar-refractivity contribution in [3.63, 3.8) is 0 Å². The lowest BCUT2D eigenvalue weighted by Gasteiger charge is -2.25. The third-order valence-electron chi connectivity index (χ3n) is 12.5. The SMILES string of the molecule is C[C@@H](O)[C@H](NC(=O)CNC(=O)CNC(=O)[C@H](CCCN=C(N)N[N+](=O)[O-])NC(=O)[C@H](CO)NC(=O)[C@@H](NC(=O)CNC(=O)CNC(=O)[C@@H](N)Cc1c[nH]c2ccccc12)[C@@H](C)O)C(=O)NCC(=O)NCC(=O)N[C@@H](Cc1c[nH]c2ccccc12)C(=O)O. The van der Waals surface area contributed by atoms with E-state index in [1.54, 1.807) is 42.1 Å². The summed E-state index contributed by atoms with van der Waals surface area (Å²) in [5.74, 6) is -12.9.